The van der Waals surface area contributed by atoms with E-state index < -0.39 is 0 Å². The Morgan fingerprint density at radius 3 is 2.64 bits per heavy atom. The molecule has 0 aromatic heterocycles. The van der Waals surface area contributed by atoms with Crippen molar-refractivity contribution in [3.05, 3.63) is 0 Å². The molecule has 2 heteroatoms. The molecule has 0 bridgehead atoms. The molecule has 1 heterocycles. The lowest BCUT2D eigenvalue weighted by Crippen LogP contribution is -2.24. The summed E-state index contributed by atoms with van der Waals surface area (Å²) in [5, 5.41) is 13.1. The molecule has 1 atom stereocenters. The Labute approximate surface area is 69.0 Å². The van der Waals surface area contributed by atoms with E-state index >= 15 is 0 Å². The van der Waals surface area contributed by atoms with Gasteiger partial charge in [-0.2, -0.15) is 0 Å². The molecule has 11 heavy (non-hydrogen) atoms. The molecule has 0 saturated carbocycles. The zero-order chi connectivity index (χ0) is 8.10. The fraction of sp³-hybridized carbons (Fsp3) is 1.00. The van der Waals surface area contributed by atoms with Crippen LogP contribution in [0.25, 0.3) is 0 Å². The van der Waals surface area contributed by atoms with Crippen molar-refractivity contribution in [2.75, 3.05) is 19.7 Å². The zero-order valence-electron chi connectivity index (χ0n) is 7.29. The lowest BCUT2D eigenvalue weighted by molar-refractivity contribution is 0.199. The molecule has 1 saturated heterocycles. The molecule has 0 amide bonds. The standard InChI is InChI=1S/C9H18NO/c1-8(7-11)6-9-2-4-10-5-3-9/h8-9,11H,2-7H2,1H3. The molecule has 0 aromatic carbocycles. The SMILES string of the molecule is CC(CO)CC1CC[N]CC1. The second-order valence-corrected chi connectivity index (χ2v) is 3.64. The lowest BCUT2D eigenvalue weighted by atomic mass is 9.89. The molecule has 1 aliphatic rings. The van der Waals surface area contributed by atoms with Crippen LogP contribution in [0.4, 0.5) is 0 Å². The van der Waals surface area contributed by atoms with Crippen molar-refractivity contribution in [1.82, 2.24) is 5.32 Å². The van der Waals surface area contributed by atoms with Crippen molar-refractivity contribution in [3.8, 4) is 0 Å². The quantitative estimate of drug-likeness (QED) is 0.650. The van der Waals surface area contributed by atoms with Crippen molar-refractivity contribution < 1.29 is 5.11 Å². The first kappa shape index (κ1) is 9.01. The van der Waals surface area contributed by atoms with Crippen LogP contribution in [0.3, 0.4) is 0 Å². The highest BCUT2D eigenvalue weighted by Gasteiger charge is 2.15. The molecular formula is C9H18NO. The third kappa shape index (κ3) is 3.21. The largest absolute Gasteiger partial charge is 0.396 e. The maximum atomic E-state index is 8.84. The molecule has 1 fully saturated rings. The van der Waals surface area contributed by atoms with Crippen LogP contribution in [-0.4, -0.2) is 24.8 Å². The molecule has 1 radical (unpaired) electrons. The highest BCUT2D eigenvalue weighted by Crippen LogP contribution is 2.20. The summed E-state index contributed by atoms with van der Waals surface area (Å²) in [6.07, 6.45) is 3.67. The van der Waals surface area contributed by atoms with Gasteiger partial charge in [0.05, 0.1) is 0 Å². The lowest BCUT2D eigenvalue weighted by Gasteiger charge is -2.23. The van der Waals surface area contributed by atoms with Crippen molar-refractivity contribution >= 4 is 0 Å². The highest BCUT2D eigenvalue weighted by molar-refractivity contribution is 4.69. The number of hydrogen-bond acceptors (Lipinski definition) is 1. The van der Waals surface area contributed by atoms with Gasteiger partial charge in [-0.3, -0.25) is 0 Å². The van der Waals surface area contributed by atoms with Gasteiger partial charge in [0.2, 0.25) is 0 Å². The van der Waals surface area contributed by atoms with Crippen molar-refractivity contribution in [3.63, 3.8) is 0 Å². The van der Waals surface area contributed by atoms with Gasteiger partial charge in [0.1, 0.15) is 0 Å². The summed E-state index contributed by atoms with van der Waals surface area (Å²) >= 11 is 0. The average molecular weight is 156 g/mol. The van der Waals surface area contributed by atoms with Gasteiger partial charge in [-0.05, 0) is 31.1 Å². The summed E-state index contributed by atoms with van der Waals surface area (Å²) in [4.78, 5) is 0. The normalized spacial score (nSPS) is 23.5. The maximum absolute atomic E-state index is 8.84. The molecule has 1 rings (SSSR count). The van der Waals surface area contributed by atoms with Crippen LogP contribution in [0.2, 0.25) is 0 Å². The van der Waals surface area contributed by atoms with Crippen LogP contribution >= 0.6 is 0 Å². The molecule has 65 valence electrons. The summed E-state index contributed by atoms with van der Waals surface area (Å²) in [7, 11) is 0. The number of piperidine rings is 1. The van der Waals surface area contributed by atoms with Crippen LogP contribution in [-0.2, 0) is 0 Å². The Morgan fingerprint density at radius 1 is 1.45 bits per heavy atom. The summed E-state index contributed by atoms with van der Waals surface area (Å²) in [5.41, 5.74) is 0. The summed E-state index contributed by atoms with van der Waals surface area (Å²) in [6, 6.07) is 0. The van der Waals surface area contributed by atoms with E-state index in [1.165, 1.54) is 19.3 Å². The fourth-order valence-electron chi connectivity index (χ4n) is 1.68. The monoisotopic (exact) mass is 156 g/mol. The zero-order valence-corrected chi connectivity index (χ0v) is 7.29. The Hall–Kier alpha value is -0.0800. The third-order valence-electron chi connectivity index (χ3n) is 2.44. The van der Waals surface area contributed by atoms with Gasteiger partial charge in [0, 0.05) is 19.7 Å². The molecule has 1 unspecified atom stereocenters. The van der Waals surface area contributed by atoms with Gasteiger partial charge >= 0.3 is 0 Å². The maximum Gasteiger partial charge on any atom is 0.0456 e. The highest BCUT2D eigenvalue weighted by atomic mass is 16.3. The van der Waals surface area contributed by atoms with Crippen LogP contribution in [0.1, 0.15) is 26.2 Å². The van der Waals surface area contributed by atoms with Crippen LogP contribution in [0.15, 0.2) is 0 Å². The second kappa shape index (κ2) is 4.73. The van der Waals surface area contributed by atoms with Gasteiger partial charge in [-0.15, -0.1) is 0 Å². The number of hydrogen-bond donors (Lipinski definition) is 1. The molecular weight excluding hydrogens is 138 g/mol. The minimum absolute atomic E-state index is 0.341. The van der Waals surface area contributed by atoms with E-state index in [2.05, 4.69) is 12.2 Å². The van der Waals surface area contributed by atoms with E-state index in [0.29, 0.717) is 12.5 Å². The topological polar surface area (TPSA) is 34.3 Å². The van der Waals surface area contributed by atoms with Gasteiger partial charge in [-0.1, -0.05) is 6.92 Å². The minimum Gasteiger partial charge on any atom is -0.396 e. The van der Waals surface area contributed by atoms with E-state index in [9.17, 15) is 0 Å². The van der Waals surface area contributed by atoms with E-state index in [-0.39, 0.29) is 0 Å². The Balaban J connectivity index is 2.13. The van der Waals surface area contributed by atoms with Crippen molar-refractivity contribution in [2.24, 2.45) is 11.8 Å². The second-order valence-electron chi connectivity index (χ2n) is 3.64. The first-order valence-corrected chi connectivity index (χ1v) is 4.57. The Bertz CT molecular complexity index is 99.7. The fourth-order valence-corrected chi connectivity index (χ4v) is 1.68. The van der Waals surface area contributed by atoms with Crippen LogP contribution in [0.5, 0.6) is 0 Å². The van der Waals surface area contributed by atoms with Crippen LogP contribution in [0, 0.1) is 11.8 Å². The van der Waals surface area contributed by atoms with E-state index in [1.54, 1.807) is 0 Å². The first-order valence-electron chi connectivity index (χ1n) is 4.57. The molecule has 0 spiro atoms. The average Bonchev–Trinajstić information content (AvgIpc) is 2.06. The van der Waals surface area contributed by atoms with Gasteiger partial charge in [0.25, 0.3) is 0 Å². The predicted molar refractivity (Wildman–Crippen MR) is 45.5 cm³/mol. The molecule has 0 aliphatic carbocycles. The summed E-state index contributed by atoms with van der Waals surface area (Å²) < 4.78 is 0. The Morgan fingerprint density at radius 2 is 2.09 bits per heavy atom. The number of aliphatic hydroxyl groups excluding tert-OH is 1. The molecule has 1 N–H and O–H groups in total. The van der Waals surface area contributed by atoms with Gasteiger partial charge in [0.15, 0.2) is 0 Å². The van der Waals surface area contributed by atoms with Gasteiger partial charge < -0.3 is 5.11 Å². The Kier molecular flexibility index (Phi) is 3.87. The van der Waals surface area contributed by atoms with E-state index in [0.717, 1.165) is 19.0 Å². The number of aliphatic hydroxyl groups is 1. The smallest absolute Gasteiger partial charge is 0.0456 e. The number of rotatable bonds is 3. The summed E-state index contributed by atoms with van der Waals surface area (Å²) in [6.45, 7) is 4.55. The summed E-state index contributed by atoms with van der Waals surface area (Å²) in [5.74, 6) is 1.31. The molecule has 2 nitrogen and oxygen atoms in total. The first-order chi connectivity index (χ1) is 5.33. The van der Waals surface area contributed by atoms with Crippen molar-refractivity contribution in [1.29, 1.82) is 0 Å². The molecule has 1 aliphatic heterocycles. The van der Waals surface area contributed by atoms with E-state index in [4.69, 9.17) is 5.11 Å². The van der Waals surface area contributed by atoms with E-state index in [1.807, 2.05) is 0 Å². The minimum atomic E-state index is 0.341. The predicted octanol–water partition coefficient (Wildman–Crippen LogP) is 1.02. The third-order valence-corrected chi connectivity index (χ3v) is 2.44. The van der Waals surface area contributed by atoms with Crippen molar-refractivity contribution in [2.45, 2.75) is 26.2 Å². The van der Waals surface area contributed by atoms with Gasteiger partial charge in [-0.25, -0.2) is 5.32 Å². The van der Waals surface area contributed by atoms with Crippen LogP contribution < -0.4 is 5.32 Å². The number of nitrogens with zero attached hydrogens (tertiary/aromatic N) is 1. The molecule has 0 aromatic rings.